The van der Waals surface area contributed by atoms with Gasteiger partial charge in [-0.05, 0) is 49.4 Å². The molecule has 12 heteroatoms. The van der Waals surface area contributed by atoms with E-state index in [2.05, 4.69) is 41.0 Å². The largest absolute Gasteiger partial charge is 0.300 e. The maximum absolute atomic E-state index is 12.3. The Morgan fingerprint density at radius 2 is 1.44 bits per heavy atom. The van der Waals surface area contributed by atoms with Crippen LogP contribution >= 0.6 is 22.7 Å². The molecule has 1 saturated carbocycles. The molecule has 0 spiro atoms. The van der Waals surface area contributed by atoms with E-state index in [0.717, 1.165) is 35.7 Å². The molecule has 2 N–H and O–H groups in total. The predicted octanol–water partition coefficient (Wildman–Crippen LogP) is 3.67. The number of pyridine rings is 2. The van der Waals surface area contributed by atoms with Crippen molar-refractivity contribution in [3.8, 4) is 0 Å². The van der Waals surface area contributed by atoms with Gasteiger partial charge in [0.05, 0.1) is 12.8 Å². The normalized spacial score (nSPS) is 17.1. The lowest BCUT2D eigenvalue weighted by atomic mass is 10.0. The summed E-state index contributed by atoms with van der Waals surface area (Å²) in [5.74, 6) is 0.474. The SMILES string of the molecule is O=C(Cc1ccccn1)Nc1nnc(C[C@@H]2CCC(c3nnc(NC(=O)Cc4ccccn4)s3)C2)s1. The topological polar surface area (TPSA) is 136 Å². The van der Waals surface area contributed by atoms with Crippen LogP contribution in [0.15, 0.2) is 48.8 Å². The molecule has 1 aliphatic rings. The molecule has 0 bridgehead atoms. The van der Waals surface area contributed by atoms with Gasteiger partial charge in [-0.1, -0.05) is 34.8 Å². The molecule has 2 amide bonds. The number of nitrogens with zero attached hydrogens (tertiary/aromatic N) is 6. The lowest BCUT2D eigenvalue weighted by molar-refractivity contribution is -0.116. The van der Waals surface area contributed by atoms with Gasteiger partial charge in [0.25, 0.3) is 0 Å². The first-order valence-corrected chi connectivity index (χ1v) is 13.3. The quantitative estimate of drug-likeness (QED) is 0.341. The fourth-order valence-corrected chi connectivity index (χ4v) is 6.01. The highest BCUT2D eigenvalue weighted by Gasteiger charge is 2.29. The van der Waals surface area contributed by atoms with E-state index in [0.29, 0.717) is 33.5 Å². The molecule has 1 aliphatic carbocycles. The number of carbonyl (C=O) groups excluding carboxylic acids is 2. The van der Waals surface area contributed by atoms with Crippen molar-refractivity contribution in [1.82, 2.24) is 30.4 Å². The van der Waals surface area contributed by atoms with E-state index in [-0.39, 0.29) is 24.7 Å². The van der Waals surface area contributed by atoms with Gasteiger partial charge >= 0.3 is 0 Å². The van der Waals surface area contributed by atoms with E-state index in [1.54, 1.807) is 12.4 Å². The van der Waals surface area contributed by atoms with E-state index < -0.39 is 0 Å². The number of carbonyl (C=O) groups is 2. The van der Waals surface area contributed by atoms with Gasteiger partial charge < -0.3 is 10.6 Å². The number of hydrogen-bond donors (Lipinski definition) is 2. The van der Waals surface area contributed by atoms with Gasteiger partial charge in [-0.25, -0.2) is 0 Å². The van der Waals surface area contributed by atoms with Gasteiger partial charge in [0, 0.05) is 36.1 Å². The highest BCUT2D eigenvalue weighted by Crippen LogP contribution is 2.41. The van der Waals surface area contributed by atoms with Gasteiger partial charge in [-0.3, -0.25) is 19.6 Å². The smallest absolute Gasteiger partial charge is 0.232 e. The third kappa shape index (κ3) is 6.52. The second-order valence-electron chi connectivity index (χ2n) is 8.62. The Balaban J connectivity index is 1.09. The Morgan fingerprint density at radius 1 is 0.806 bits per heavy atom. The number of rotatable bonds is 9. The zero-order valence-electron chi connectivity index (χ0n) is 19.3. The molecule has 0 aliphatic heterocycles. The second kappa shape index (κ2) is 11.4. The molecule has 0 radical (unpaired) electrons. The maximum Gasteiger partial charge on any atom is 0.232 e. The molecule has 1 fully saturated rings. The summed E-state index contributed by atoms with van der Waals surface area (Å²) in [6, 6.07) is 11.0. The van der Waals surface area contributed by atoms with Crippen molar-refractivity contribution < 1.29 is 9.59 Å². The van der Waals surface area contributed by atoms with Crippen molar-refractivity contribution in [3.63, 3.8) is 0 Å². The number of amides is 2. The first kappa shape index (κ1) is 24.1. The Morgan fingerprint density at radius 3 is 2.08 bits per heavy atom. The molecule has 184 valence electrons. The summed E-state index contributed by atoms with van der Waals surface area (Å²) in [4.78, 5) is 32.9. The fraction of sp³-hybridized carbons (Fsp3) is 0.333. The molecular weight excluding hydrogens is 496 g/mol. The molecule has 1 unspecified atom stereocenters. The summed E-state index contributed by atoms with van der Waals surface area (Å²) in [6.07, 6.45) is 7.63. The summed E-state index contributed by atoms with van der Waals surface area (Å²) in [5, 5.41) is 25.4. The van der Waals surface area contributed by atoms with Crippen LogP contribution in [0.4, 0.5) is 10.3 Å². The van der Waals surface area contributed by atoms with E-state index >= 15 is 0 Å². The van der Waals surface area contributed by atoms with Gasteiger partial charge in [0.2, 0.25) is 22.1 Å². The molecule has 4 aromatic heterocycles. The van der Waals surface area contributed by atoms with E-state index in [1.807, 2.05) is 36.4 Å². The fourth-order valence-electron chi connectivity index (χ4n) is 4.23. The number of hydrogen-bond acceptors (Lipinski definition) is 10. The molecule has 10 nitrogen and oxygen atoms in total. The first-order valence-electron chi connectivity index (χ1n) is 11.7. The minimum atomic E-state index is -0.156. The first-order chi connectivity index (χ1) is 17.6. The van der Waals surface area contributed by atoms with Crippen molar-refractivity contribution in [2.45, 2.75) is 44.4 Å². The van der Waals surface area contributed by atoms with Crippen LogP contribution in [0.2, 0.25) is 0 Å². The minimum Gasteiger partial charge on any atom is -0.300 e. The van der Waals surface area contributed by atoms with Gasteiger partial charge in [0.15, 0.2) is 0 Å². The Bertz CT molecular complexity index is 1310. The third-order valence-electron chi connectivity index (χ3n) is 5.89. The number of nitrogens with one attached hydrogen (secondary N) is 2. The van der Waals surface area contributed by atoms with Crippen LogP contribution < -0.4 is 10.6 Å². The summed E-state index contributed by atoms with van der Waals surface area (Å²) in [6.45, 7) is 0. The summed E-state index contributed by atoms with van der Waals surface area (Å²) < 4.78 is 0. The highest BCUT2D eigenvalue weighted by molar-refractivity contribution is 7.15. The third-order valence-corrected chi connectivity index (χ3v) is 7.75. The van der Waals surface area contributed by atoms with Crippen molar-refractivity contribution in [2.75, 3.05) is 10.6 Å². The molecule has 5 rings (SSSR count). The van der Waals surface area contributed by atoms with Gasteiger partial charge in [-0.15, -0.1) is 20.4 Å². The molecule has 0 aromatic carbocycles. The molecular formula is C24H24N8O2S2. The minimum absolute atomic E-state index is 0.153. The Hall–Kier alpha value is -3.64. The van der Waals surface area contributed by atoms with Crippen molar-refractivity contribution >= 4 is 44.8 Å². The predicted molar refractivity (Wildman–Crippen MR) is 137 cm³/mol. The molecule has 2 atom stereocenters. The number of aromatic nitrogens is 6. The Kier molecular flexibility index (Phi) is 7.62. The van der Waals surface area contributed by atoms with Gasteiger partial charge in [-0.2, -0.15) is 0 Å². The Labute approximate surface area is 215 Å². The zero-order chi connectivity index (χ0) is 24.7. The van der Waals surface area contributed by atoms with Crippen LogP contribution in [0.25, 0.3) is 0 Å². The molecule has 0 saturated heterocycles. The second-order valence-corrected chi connectivity index (χ2v) is 10.7. The van der Waals surface area contributed by atoms with Crippen LogP contribution in [0.3, 0.4) is 0 Å². The lowest BCUT2D eigenvalue weighted by Gasteiger charge is -2.07. The van der Waals surface area contributed by atoms with Gasteiger partial charge in [0.1, 0.15) is 10.0 Å². The average Bonchev–Trinajstić information content (AvgIpc) is 3.62. The number of anilines is 2. The monoisotopic (exact) mass is 520 g/mol. The molecule has 4 aromatic rings. The van der Waals surface area contributed by atoms with E-state index in [1.165, 1.54) is 22.7 Å². The highest BCUT2D eigenvalue weighted by atomic mass is 32.1. The standard InChI is InChI=1S/C24H24N8O2S2/c33-19(13-17-5-1-3-9-25-17)27-23-31-29-21(35-23)12-15-7-8-16(11-15)22-30-32-24(36-22)28-20(34)14-18-6-2-4-10-26-18/h1-6,9-10,15-16H,7-8,11-14H2,(H,27,31,33)(H,28,32,34)/t15-,16?/m1/s1. The summed E-state index contributed by atoms with van der Waals surface area (Å²) >= 11 is 2.85. The lowest BCUT2D eigenvalue weighted by Crippen LogP contribution is -2.14. The maximum atomic E-state index is 12.3. The zero-order valence-corrected chi connectivity index (χ0v) is 21.0. The van der Waals surface area contributed by atoms with Crippen LogP contribution in [0.5, 0.6) is 0 Å². The van der Waals surface area contributed by atoms with Crippen LogP contribution in [-0.4, -0.2) is 42.2 Å². The van der Waals surface area contributed by atoms with E-state index in [4.69, 9.17) is 0 Å². The van der Waals surface area contributed by atoms with Crippen LogP contribution in [0, 0.1) is 5.92 Å². The average molecular weight is 521 g/mol. The summed E-state index contributed by atoms with van der Waals surface area (Å²) in [5.41, 5.74) is 1.43. The van der Waals surface area contributed by atoms with E-state index in [9.17, 15) is 9.59 Å². The van der Waals surface area contributed by atoms with Crippen LogP contribution in [0.1, 0.15) is 46.6 Å². The molecule has 36 heavy (non-hydrogen) atoms. The molecule has 4 heterocycles. The van der Waals surface area contributed by atoms with Crippen molar-refractivity contribution in [1.29, 1.82) is 0 Å². The van der Waals surface area contributed by atoms with Crippen molar-refractivity contribution in [2.24, 2.45) is 5.92 Å². The summed E-state index contributed by atoms with van der Waals surface area (Å²) in [7, 11) is 0. The van der Waals surface area contributed by atoms with Crippen LogP contribution in [-0.2, 0) is 28.9 Å². The van der Waals surface area contributed by atoms with Crippen molar-refractivity contribution in [3.05, 3.63) is 70.2 Å².